The van der Waals surface area contributed by atoms with Gasteiger partial charge in [0, 0.05) is 37.2 Å². The molecule has 1 nitrogen and oxygen atoms in total. The average Bonchev–Trinajstić information content (AvgIpc) is 3.54. The largest absolute Gasteiger partial charge is 0.310 e. The number of thiophene rings is 1. The first-order chi connectivity index (χ1) is 23.8. The highest BCUT2D eigenvalue weighted by Gasteiger charge is 2.15. The first kappa shape index (κ1) is 28.3. The van der Waals surface area contributed by atoms with Crippen molar-refractivity contribution in [3.8, 4) is 33.4 Å². The van der Waals surface area contributed by atoms with Crippen LogP contribution < -0.4 is 4.90 Å². The summed E-state index contributed by atoms with van der Waals surface area (Å²) in [4.78, 5) is 2.36. The Balaban J connectivity index is 1.12. The van der Waals surface area contributed by atoms with Gasteiger partial charge in [-0.3, -0.25) is 0 Å². The maximum absolute atomic E-state index is 2.36. The molecular formula is C46H31NS. The zero-order chi connectivity index (χ0) is 31.9. The Kier molecular flexibility index (Phi) is 7.07. The van der Waals surface area contributed by atoms with E-state index in [2.05, 4.69) is 193 Å². The number of nitrogens with zero attached hydrogens (tertiary/aromatic N) is 1. The van der Waals surface area contributed by atoms with Gasteiger partial charge in [0.2, 0.25) is 0 Å². The van der Waals surface area contributed by atoms with Crippen molar-refractivity contribution in [1.82, 2.24) is 0 Å². The summed E-state index contributed by atoms with van der Waals surface area (Å²) in [7, 11) is 0. The maximum atomic E-state index is 2.36. The summed E-state index contributed by atoms with van der Waals surface area (Å²) in [5.41, 5.74) is 10.6. The highest BCUT2D eigenvalue weighted by Crippen LogP contribution is 2.40. The molecule has 0 amide bonds. The molecule has 0 fully saturated rings. The van der Waals surface area contributed by atoms with Crippen molar-refractivity contribution < 1.29 is 0 Å². The van der Waals surface area contributed by atoms with Crippen LogP contribution in [0.3, 0.4) is 0 Å². The fourth-order valence-corrected chi connectivity index (χ4v) is 7.93. The van der Waals surface area contributed by atoms with E-state index in [1.807, 2.05) is 11.3 Å². The zero-order valence-corrected chi connectivity index (χ0v) is 27.1. The lowest BCUT2D eigenvalue weighted by atomic mass is 10.00. The fourth-order valence-electron chi connectivity index (χ4n) is 6.78. The highest BCUT2D eigenvalue weighted by atomic mass is 32.1. The van der Waals surface area contributed by atoms with E-state index in [0.717, 1.165) is 17.1 Å². The van der Waals surface area contributed by atoms with E-state index in [4.69, 9.17) is 0 Å². The van der Waals surface area contributed by atoms with Crippen LogP contribution in [0.4, 0.5) is 17.1 Å². The van der Waals surface area contributed by atoms with Crippen LogP contribution in [-0.4, -0.2) is 0 Å². The third-order valence-corrected chi connectivity index (χ3v) is 10.4. The molecule has 48 heavy (non-hydrogen) atoms. The summed E-state index contributed by atoms with van der Waals surface area (Å²) < 4.78 is 2.65. The molecule has 0 bridgehead atoms. The van der Waals surface area contributed by atoms with Crippen LogP contribution in [0.1, 0.15) is 0 Å². The predicted octanol–water partition coefficient (Wildman–Crippen LogP) is 13.7. The van der Waals surface area contributed by atoms with Crippen LogP contribution in [0.25, 0.3) is 64.3 Å². The van der Waals surface area contributed by atoms with E-state index in [-0.39, 0.29) is 0 Å². The smallest absolute Gasteiger partial charge is 0.0467 e. The van der Waals surface area contributed by atoms with E-state index in [1.54, 1.807) is 0 Å². The molecule has 0 radical (unpaired) electrons. The van der Waals surface area contributed by atoms with Crippen LogP contribution in [0.15, 0.2) is 188 Å². The molecule has 0 saturated carbocycles. The normalized spacial score (nSPS) is 11.3. The number of benzene rings is 8. The third-order valence-electron chi connectivity index (χ3n) is 9.26. The highest BCUT2D eigenvalue weighted by molar-refractivity contribution is 7.25. The first-order valence-electron chi connectivity index (χ1n) is 16.3. The van der Waals surface area contributed by atoms with Gasteiger partial charge < -0.3 is 4.90 Å². The fraction of sp³-hybridized carbons (Fsp3) is 0. The van der Waals surface area contributed by atoms with Gasteiger partial charge in [-0.05, 0) is 98.8 Å². The summed E-state index contributed by atoms with van der Waals surface area (Å²) in [6.07, 6.45) is 0. The molecule has 0 spiro atoms. The molecule has 0 N–H and O–H groups in total. The average molecular weight is 630 g/mol. The minimum atomic E-state index is 1.11. The number of hydrogen-bond acceptors (Lipinski definition) is 2. The van der Waals surface area contributed by atoms with E-state index in [9.17, 15) is 0 Å². The Hall–Kier alpha value is -5.96. The monoisotopic (exact) mass is 629 g/mol. The molecular weight excluding hydrogens is 599 g/mol. The number of anilines is 3. The van der Waals surface area contributed by atoms with Crippen LogP contribution in [0, 0.1) is 0 Å². The van der Waals surface area contributed by atoms with E-state index >= 15 is 0 Å². The van der Waals surface area contributed by atoms with Gasteiger partial charge in [0.1, 0.15) is 0 Å². The molecule has 226 valence electrons. The molecule has 1 heterocycles. The topological polar surface area (TPSA) is 3.24 Å². The molecule has 0 atom stereocenters. The number of fused-ring (bicyclic) bond motifs is 4. The zero-order valence-electron chi connectivity index (χ0n) is 26.3. The maximum Gasteiger partial charge on any atom is 0.0467 e. The lowest BCUT2D eigenvalue weighted by Gasteiger charge is -2.26. The Labute approximate surface area is 284 Å². The molecule has 0 aliphatic rings. The van der Waals surface area contributed by atoms with Crippen molar-refractivity contribution in [2.45, 2.75) is 0 Å². The minimum absolute atomic E-state index is 1.11. The van der Waals surface area contributed by atoms with Crippen molar-refractivity contribution in [2.24, 2.45) is 0 Å². The van der Waals surface area contributed by atoms with Crippen LogP contribution in [-0.2, 0) is 0 Å². The van der Waals surface area contributed by atoms with Crippen molar-refractivity contribution in [1.29, 1.82) is 0 Å². The van der Waals surface area contributed by atoms with Gasteiger partial charge in [0.05, 0.1) is 0 Å². The summed E-state index contributed by atoms with van der Waals surface area (Å²) in [6, 6.07) is 68.2. The SMILES string of the molecule is c1ccc(-c2ccc(N(c3ccc(-c4ccc5ccccc5c4)cc3)c3cccc(-c4ccc5c(c4)sc4ccccc45)c3)cc2)cc1. The summed E-state index contributed by atoms with van der Waals surface area (Å²) in [5.74, 6) is 0. The Morgan fingerprint density at radius 3 is 1.62 bits per heavy atom. The van der Waals surface area contributed by atoms with Crippen molar-refractivity contribution in [2.75, 3.05) is 4.90 Å². The minimum Gasteiger partial charge on any atom is -0.310 e. The van der Waals surface area contributed by atoms with Crippen LogP contribution in [0.5, 0.6) is 0 Å². The molecule has 0 aliphatic heterocycles. The van der Waals surface area contributed by atoms with E-state index in [1.165, 1.54) is 64.3 Å². The second kappa shape index (κ2) is 12.0. The molecule has 0 saturated heterocycles. The van der Waals surface area contributed by atoms with Crippen LogP contribution in [0.2, 0.25) is 0 Å². The summed E-state index contributed by atoms with van der Waals surface area (Å²) >= 11 is 1.86. The molecule has 9 aromatic rings. The Morgan fingerprint density at radius 2 is 0.833 bits per heavy atom. The van der Waals surface area contributed by atoms with Gasteiger partial charge >= 0.3 is 0 Å². The molecule has 9 rings (SSSR count). The second-order valence-corrected chi connectivity index (χ2v) is 13.3. The number of hydrogen-bond donors (Lipinski definition) is 0. The van der Waals surface area contributed by atoms with Gasteiger partial charge in [-0.2, -0.15) is 0 Å². The van der Waals surface area contributed by atoms with Gasteiger partial charge in [0.25, 0.3) is 0 Å². The van der Waals surface area contributed by atoms with E-state index in [0.29, 0.717) is 0 Å². The molecule has 2 heteroatoms. The van der Waals surface area contributed by atoms with Crippen LogP contribution >= 0.6 is 11.3 Å². The van der Waals surface area contributed by atoms with Crippen molar-refractivity contribution in [3.63, 3.8) is 0 Å². The molecule has 1 aromatic heterocycles. The quantitative estimate of drug-likeness (QED) is 0.177. The molecule has 0 unspecified atom stereocenters. The number of rotatable bonds is 6. The van der Waals surface area contributed by atoms with Gasteiger partial charge in [0.15, 0.2) is 0 Å². The van der Waals surface area contributed by atoms with Gasteiger partial charge in [-0.25, -0.2) is 0 Å². The van der Waals surface area contributed by atoms with Crippen molar-refractivity contribution >= 4 is 59.3 Å². The predicted molar refractivity (Wildman–Crippen MR) is 208 cm³/mol. The first-order valence-corrected chi connectivity index (χ1v) is 17.2. The van der Waals surface area contributed by atoms with Crippen molar-refractivity contribution in [3.05, 3.63) is 188 Å². The Bertz CT molecular complexity index is 2540. The summed E-state index contributed by atoms with van der Waals surface area (Å²) in [5, 5.41) is 5.16. The van der Waals surface area contributed by atoms with E-state index < -0.39 is 0 Å². The van der Waals surface area contributed by atoms with Gasteiger partial charge in [-0.15, -0.1) is 11.3 Å². The lowest BCUT2D eigenvalue weighted by molar-refractivity contribution is 1.28. The molecule has 8 aromatic carbocycles. The van der Waals surface area contributed by atoms with Gasteiger partial charge in [-0.1, -0.05) is 133 Å². The molecule has 0 aliphatic carbocycles. The Morgan fingerprint density at radius 1 is 0.292 bits per heavy atom. The standard InChI is InChI=1S/C46H31NS/c1-2-9-32(10-3-1)34-19-24-40(25-20-34)47(41-26-21-35(22-27-41)38-18-17-33-11-4-5-12-36(33)29-38)42-14-8-13-37(30-42)39-23-28-44-43-15-6-7-16-45(43)48-46(44)31-39/h1-31H. The second-order valence-electron chi connectivity index (χ2n) is 12.2. The summed E-state index contributed by atoms with van der Waals surface area (Å²) in [6.45, 7) is 0. The third kappa shape index (κ3) is 5.23. The lowest BCUT2D eigenvalue weighted by Crippen LogP contribution is -2.10.